The molecule has 0 aromatic rings. The second-order valence-electron chi connectivity index (χ2n) is 5.96. The molecule has 0 amide bonds. The number of carbonyl (C=O) groups excluding carboxylic acids is 1. The quantitative estimate of drug-likeness (QED) is 0.631. The molecule has 0 aliphatic heterocycles. The van der Waals surface area contributed by atoms with E-state index in [9.17, 15) is 4.79 Å². The predicted molar refractivity (Wildman–Crippen MR) is 73.9 cm³/mol. The Balaban J connectivity index is 2.55. The smallest absolute Gasteiger partial charge is 0.136 e. The molecule has 0 bridgehead atoms. The molecule has 1 aliphatic carbocycles. The second kappa shape index (κ2) is 5.66. The van der Waals surface area contributed by atoms with E-state index in [1.54, 1.807) is 6.92 Å². The van der Waals surface area contributed by atoms with E-state index in [2.05, 4.69) is 33.4 Å². The third-order valence-electron chi connectivity index (χ3n) is 4.38. The van der Waals surface area contributed by atoms with E-state index in [1.807, 2.05) is 0 Å². The maximum absolute atomic E-state index is 11.7. The van der Waals surface area contributed by atoms with Crippen LogP contribution in [0.5, 0.6) is 0 Å². The van der Waals surface area contributed by atoms with Crippen molar-refractivity contribution in [3.8, 4) is 0 Å². The molecule has 1 aliphatic rings. The number of allylic oxidation sites excluding steroid dienone is 3. The SMILES string of the molecule is C=C(C)CCCC1=CC[C@@](C)(C(C)=O)[C@H](C)C1. The monoisotopic (exact) mass is 234 g/mol. The summed E-state index contributed by atoms with van der Waals surface area (Å²) in [5, 5.41) is 0. The lowest BCUT2D eigenvalue weighted by molar-refractivity contribution is -0.128. The van der Waals surface area contributed by atoms with Crippen molar-refractivity contribution in [1.29, 1.82) is 0 Å². The Morgan fingerprint density at radius 1 is 1.53 bits per heavy atom. The number of hydrogen-bond acceptors (Lipinski definition) is 1. The lowest BCUT2D eigenvalue weighted by Gasteiger charge is -2.37. The molecule has 0 saturated heterocycles. The molecule has 0 fully saturated rings. The number of ketones is 1. The van der Waals surface area contributed by atoms with E-state index in [0.717, 1.165) is 19.3 Å². The van der Waals surface area contributed by atoms with Crippen LogP contribution in [0.25, 0.3) is 0 Å². The lowest BCUT2D eigenvalue weighted by atomic mass is 9.66. The molecule has 0 N–H and O–H groups in total. The number of hydrogen-bond donors (Lipinski definition) is 0. The van der Waals surface area contributed by atoms with Crippen LogP contribution < -0.4 is 0 Å². The van der Waals surface area contributed by atoms with Gasteiger partial charge in [-0.1, -0.05) is 31.1 Å². The average molecular weight is 234 g/mol. The molecule has 1 nitrogen and oxygen atoms in total. The van der Waals surface area contributed by atoms with Gasteiger partial charge in [-0.2, -0.15) is 0 Å². The van der Waals surface area contributed by atoms with Gasteiger partial charge in [-0.15, -0.1) is 6.58 Å². The number of carbonyl (C=O) groups is 1. The highest BCUT2D eigenvalue weighted by molar-refractivity contribution is 5.82. The van der Waals surface area contributed by atoms with Crippen LogP contribution in [0.15, 0.2) is 23.8 Å². The van der Waals surface area contributed by atoms with Crippen molar-refractivity contribution in [2.45, 2.75) is 59.8 Å². The predicted octanol–water partition coefficient (Wildman–Crippen LogP) is 4.68. The Kier molecular flexibility index (Phi) is 4.73. The third kappa shape index (κ3) is 3.55. The van der Waals surface area contributed by atoms with E-state index >= 15 is 0 Å². The lowest BCUT2D eigenvalue weighted by Crippen LogP contribution is -2.35. The van der Waals surface area contributed by atoms with Gasteiger partial charge in [-0.05, 0) is 51.9 Å². The van der Waals surface area contributed by atoms with Crippen LogP contribution >= 0.6 is 0 Å². The molecular weight excluding hydrogens is 208 g/mol. The molecule has 2 atom stereocenters. The molecule has 0 unspecified atom stereocenters. The minimum absolute atomic E-state index is 0.127. The molecule has 96 valence electrons. The Hall–Kier alpha value is -0.850. The van der Waals surface area contributed by atoms with Gasteiger partial charge in [0.25, 0.3) is 0 Å². The summed E-state index contributed by atoms with van der Waals surface area (Å²) in [5.74, 6) is 0.812. The van der Waals surface area contributed by atoms with Crippen LogP contribution in [0.4, 0.5) is 0 Å². The summed E-state index contributed by atoms with van der Waals surface area (Å²) < 4.78 is 0. The van der Waals surface area contributed by atoms with Crippen LogP contribution in [0, 0.1) is 11.3 Å². The topological polar surface area (TPSA) is 17.1 Å². The van der Waals surface area contributed by atoms with Gasteiger partial charge in [0.2, 0.25) is 0 Å². The van der Waals surface area contributed by atoms with Crippen molar-refractivity contribution >= 4 is 5.78 Å². The fourth-order valence-electron chi connectivity index (χ4n) is 2.57. The maximum atomic E-state index is 11.7. The highest BCUT2D eigenvalue weighted by Gasteiger charge is 2.37. The van der Waals surface area contributed by atoms with Crippen molar-refractivity contribution < 1.29 is 4.79 Å². The van der Waals surface area contributed by atoms with Crippen molar-refractivity contribution in [1.82, 2.24) is 0 Å². The summed E-state index contributed by atoms with van der Waals surface area (Å²) in [4.78, 5) is 11.7. The number of Topliss-reactive ketones (excluding diaryl/α,β-unsaturated/α-hetero) is 1. The van der Waals surface area contributed by atoms with Gasteiger partial charge < -0.3 is 0 Å². The van der Waals surface area contributed by atoms with Crippen molar-refractivity contribution in [3.63, 3.8) is 0 Å². The van der Waals surface area contributed by atoms with E-state index in [1.165, 1.54) is 24.0 Å². The van der Waals surface area contributed by atoms with Gasteiger partial charge in [0, 0.05) is 5.41 Å². The Bertz CT molecular complexity index is 337. The van der Waals surface area contributed by atoms with Crippen LogP contribution in [0.3, 0.4) is 0 Å². The molecule has 0 radical (unpaired) electrons. The van der Waals surface area contributed by atoms with Gasteiger partial charge in [-0.3, -0.25) is 4.79 Å². The molecule has 0 aromatic carbocycles. The summed E-state index contributed by atoms with van der Waals surface area (Å²) in [6, 6.07) is 0. The van der Waals surface area contributed by atoms with Gasteiger partial charge in [0.15, 0.2) is 0 Å². The molecule has 1 rings (SSSR count). The van der Waals surface area contributed by atoms with Crippen LogP contribution in [0.1, 0.15) is 59.8 Å². The van der Waals surface area contributed by atoms with Crippen LogP contribution in [-0.4, -0.2) is 5.78 Å². The fourth-order valence-corrected chi connectivity index (χ4v) is 2.57. The standard InChI is InChI=1S/C16H26O/c1-12(2)7-6-8-15-9-10-16(5,14(4)17)13(3)11-15/h9,13H,1,6-8,10-11H2,2-5H3/t13-,16-/m1/s1. The average Bonchev–Trinajstić information content (AvgIpc) is 2.22. The summed E-state index contributed by atoms with van der Waals surface area (Å²) in [7, 11) is 0. The van der Waals surface area contributed by atoms with E-state index < -0.39 is 0 Å². The fraction of sp³-hybridized carbons (Fsp3) is 0.688. The van der Waals surface area contributed by atoms with Crippen molar-refractivity contribution in [2.24, 2.45) is 11.3 Å². The molecule has 0 saturated carbocycles. The highest BCUT2D eigenvalue weighted by atomic mass is 16.1. The van der Waals surface area contributed by atoms with Gasteiger partial charge in [0.05, 0.1) is 0 Å². The van der Waals surface area contributed by atoms with Crippen molar-refractivity contribution in [3.05, 3.63) is 23.8 Å². The highest BCUT2D eigenvalue weighted by Crippen LogP contribution is 2.41. The zero-order valence-electron chi connectivity index (χ0n) is 11.8. The molecule has 0 spiro atoms. The molecule has 0 heterocycles. The summed E-state index contributed by atoms with van der Waals surface area (Å²) >= 11 is 0. The minimum atomic E-state index is -0.127. The number of rotatable bonds is 5. The maximum Gasteiger partial charge on any atom is 0.136 e. The summed E-state index contributed by atoms with van der Waals surface area (Å²) in [6.45, 7) is 12.1. The van der Waals surface area contributed by atoms with Crippen molar-refractivity contribution in [2.75, 3.05) is 0 Å². The normalized spacial score (nSPS) is 28.7. The minimum Gasteiger partial charge on any atom is -0.299 e. The summed E-state index contributed by atoms with van der Waals surface area (Å²) in [6.07, 6.45) is 7.81. The molecule has 17 heavy (non-hydrogen) atoms. The summed E-state index contributed by atoms with van der Waals surface area (Å²) in [5.41, 5.74) is 2.68. The van der Waals surface area contributed by atoms with Crippen LogP contribution in [0.2, 0.25) is 0 Å². The first-order valence-electron chi connectivity index (χ1n) is 6.69. The van der Waals surface area contributed by atoms with Crippen LogP contribution in [-0.2, 0) is 4.79 Å². The first kappa shape index (κ1) is 14.2. The first-order chi connectivity index (χ1) is 7.86. The Labute approximate surface area is 106 Å². The zero-order valence-corrected chi connectivity index (χ0v) is 11.8. The molecular formula is C16H26O. The van der Waals surface area contributed by atoms with Gasteiger partial charge in [0.1, 0.15) is 5.78 Å². The molecule has 1 heteroatoms. The third-order valence-corrected chi connectivity index (χ3v) is 4.38. The molecule has 0 aromatic heterocycles. The Morgan fingerprint density at radius 3 is 2.65 bits per heavy atom. The largest absolute Gasteiger partial charge is 0.299 e. The van der Waals surface area contributed by atoms with Gasteiger partial charge in [-0.25, -0.2) is 0 Å². The van der Waals surface area contributed by atoms with E-state index in [4.69, 9.17) is 0 Å². The van der Waals surface area contributed by atoms with E-state index in [0.29, 0.717) is 11.7 Å². The second-order valence-corrected chi connectivity index (χ2v) is 5.96. The van der Waals surface area contributed by atoms with Gasteiger partial charge >= 0.3 is 0 Å². The zero-order chi connectivity index (χ0) is 13.1. The van der Waals surface area contributed by atoms with E-state index in [-0.39, 0.29) is 5.41 Å². The first-order valence-corrected chi connectivity index (χ1v) is 6.69. The Morgan fingerprint density at radius 2 is 2.18 bits per heavy atom.